The quantitative estimate of drug-likeness (QED) is 0.735. The van der Waals surface area contributed by atoms with E-state index in [1.807, 2.05) is 0 Å². The molecule has 0 saturated carbocycles. The lowest BCUT2D eigenvalue weighted by atomic mass is 10.1. The number of hydrogen-bond acceptors (Lipinski definition) is 5. The maximum Gasteiger partial charge on any atom is 0.355 e. The van der Waals surface area contributed by atoms with Crippen molar-refractivity contribution in [2.45, 2.75) is 27.3 Å². The average molecular weight is 390 g/mol. The van der Waals surface area contributed by atoms with Gasteiger partial charge in [0, 0.05) is 19.3 Å². The first kappa shape index (κ1) is 21.1. The number of hydrogen-bond donors (Lipinski definition) is 1. The van der Waals surface area contributed by atoms with E-state index in [-0.39, 0.29) is 30.2 Å². The maximum absolute atomic E-state index is 13.2. The first-order valence-corrected chi connectivity index (χ1v) is 8.76. The summed E-state index contributed by atoms with van der Waals surface area (Å²) in [6.07, 6.45) is 0. The Bertz CT molecular complexity index is 891. The molecule has 1 N–H and O–H groups in total. The Kier molecular flexibility index (Phi) is 6.92. The smallest absolute Gasteiger partial charge is 0.355 e. The number of nitrogens with one attached hydrogen (secondary N) is 1. The number of esters is 2. The second-order valence-electron chi connectivity index (χ2n) is 6.30. The summed E-state index contributed by atoms with van der Waals surface area (Å²) in [7, 11) is 1.53. The van der Waals surface area contributed by atoms with Crippen molar-refractivity contribution in [1.29, 1.82) is 0 Å². The second kappa shape index (κ2) is 9.16. The van der Waals surface area contributed by atoms with Crippen LogP contribution in [-0.2, 0) is 20.8 Å². The minimum absolute atomic E-state index is 0.0983. The van der Waals surface area contributed by atoms with Gasteiger partial charge in [0.2, 0.25) is 0 Å². The van der Waals surface area contributed by atoms with Crippen LogP contribution in [0, 0.1) is 19.7 Å². The van der Waals surface area contributed by atoms with Gasteiger partial charge in [-0.05, 0) is 44.0 Å². The first-order chi connectivity index (χ1) is 13.2. The number of rotatable bonds is 7. The molecule has 0 radical (unpaired) electrons. The molecule has 0 bridgehead atoms. The molecule has 2 aromatic rings. The van der Waals surface area contributed by atoms with Crippen molar-refractivity contribution in [2.24, 2.45) is 0 Å². The van der Waals surface area contributed by atoms with Crippen LogP contribution >= 0.6 is 0 Å². The highest BCUT2D eigenvalue weighted by atomic mass is 19.1. The summed E-state index contributed by atoms with van der Waals surface area (Å²) < 4.78 is 23.3. The average Bonchev–Trinajstić information content (AvgIpc) is 2.94. The fourth-order valence-electron chi connectivity index (χ4n) is 2.77. The molecule has 1 aromatic heterocycles. The molecule has 7 nitrogen and oxygen atoms in total. The summed E-state index contributed by atoms with van der Waals surface area (Å²) in [5.74, 6) is -2.11. The Morgan fingerprint density at radius 2 is 1.86 bits per heavy atom. The molecule has 0 aliphatic rings. The topological polar surface area (TPSA) is 88.7 Å². The van der Waals surface area contributed by atoms with E-state index in [4.69, 9.17) is 9.47 Å². The summed E-state index contributed by atoms with van der Waals surface area (Å²) in [5.41, 5.74) is 1.89. The first-order valence-electron chi connectivity index (χ1n) is 8.76. The van der Waals surface area contributed by atoms with Crippen LogP contribution in [0.1, 0.15) is 44.6 Å². The number of halogens is 1. The van der Waals surface area contributed by atoms with Gasteiger partial charge in [0.05, 0.1) is 12.2 Å². The van der Waals surface area contributed by atoms with Crippen molar-refractivity contribution in [3.63, 3.8) is 0 Å². The molecule has 1 aromatic carbocycles. The molecular formula is C20H23FN2O5. The number of carbonyl (C=O) groups is 3. The number of aromatic nitrogens is 1. The number of ether oxygens (including phenoxy) is 2. The van der Waals surface area contributed by atoms with Gasteiger partial charge in [-0.15, -0.1) is 0 Å². The maximum atomic E-state index is 13.2. The van der Waals surface area contributed by atoms with Crippen molar-refractivity contribution >= 4 is 17.8 Å². The molecule has 1 heterocycles. The lowest BCUT2D eigenvalue weighted by molar-refractivity contribution is -0.133. The van der Waals surface area contributed by atoms with Crippen LogP contribution in [0.5, 0.6) is 0 Å². The molecule has 0 unspecified atom stereocenters. The zero-order valence-electron chi connectivity index (χ0n) is 16.3. The molecule has 150 valence electrons. The van der Waals surface area contributed by atoms with Crippen LogP contribution in [-0.4, -0.2) is 48.0 Å². The minimum atomic E-state index is -0.747. The van der Waals surface area contributed by atoms with Gasteiger partial charge < -0.3 is 19.4 Å². The standard InChI is InChI=1S/C20H23FN2O5/c1-5-27-19(25)17-12(2)18(22-13(17)3)20(26)28-11-16(24)23(4)10-14-7-6-8-15(21)9-14/h6-9,22H,5,10-11H2,1-4H3. The van der Waals surface area contributed by atoms with Crippen molar-refractivity contribution in [2.75, 3.05) is 20.3 Å². The van der Waals surface area contributed by atoms with E-state index in [0.717, 1.165) is 0 Å². The summed E-state index contributed by atoms with van der Waals surface area (Å²) in [6.45, 7) is 4.86. The van der Waals surface area contributed by atoms with Gasteiger partial charge in [0.15, 0.2) is 6.61 Å². The fourth-order valence-corrected chi connectivity index (χ4v) is 2.77. The highest BCUT2D eigenvalue weighted by Gasteiger charge is 2.24. The number of H-pyrrole nitrogens is 1. The molecular weight excluding hydrogens is 367 g/mol. The number of nitrogens with zero attached hydrogens (tertiary/aromatic N) is 1. The summed E-state index contributed by atoms with van der Waals surface area (Å²) in [4.78, 5) is 40.6. The number of aromatic amines is 1. The van der Waals surface area contributed by atoms with Gasteiger partial charge in [0.25, 0.3) is 5.91 Å². The number of likely N-dealkylation sites (N-methyl/N-ethyl adjacent to an activating group) is 1. The zero-order valence-corrected chi connectivity index (χ0v) is 16.3. The molecule has 0 aliphatic carbocycles. The largest absolute Gasteiger partial charge is 0.462 e. The number of benzene rings is 1. The molecule has 0 spiro atoms. The summed E-state index contributed by atoms with van der Waals surface area (Å²) >= 11 is 0. The zero-order chi connectivity index (χ0) is 20.8. The highest BCUT2D eigenvalue weighted by molar-refractivity contribution is 5.99. The number of amides is 1. The van der Waals surface area contributed by atoms with E-state index in [9.17, 15) is 18.8 Å². The summed E-state index contributed by atoms with van der Waals surface area (Å²) in [6, 6.07) is 5.90. The number of carbonyl (C=O) groups excluding carboxylic acids is 3. The molecule has 0 saturated heterocycles. The molecule has 1 amide bonds. The van der Waals surface area contributed by atoms with Gasteiger partial charge in [-0.3, -0.25) is 4.79 Å². The van der Waals surface area contributed by atoms with Crippen LogP contribution in [0.25, 0.3) is 0 Å². The predicted octanol–water partition coefficient (Wildman–Crippen LogP) is 2.76. The lowest BCUT2D eigenvalue weighted by Crippen LogP contribution is -2.31. The third-order valence-electron chi connectivity index (χ3n) is 4.18. The van der Waals surface area contributed by atoms with Crippen molar-refractivity contribution in [3.8, 4) is 0 Å². The molecule has 0 atom stereocenters. The third-order valence-corrected chi connectivity index (χ3v) is 4.18. The fraction of sp³-hybridized carbons (Fsp3) is 0.350. The Morgan fingerprint density at radius 3 is 2.50 bits per heavy atom. The van der Waals surface area contributed by atoms with Gasteiger partial charge in [-0.2, -0.15) is 0 Å². The number of aryl methyl sites for hydroxylation is 1. The van der Waals surface area contributed by atoms with Crippen molar-refractivity contribution in [3.05, 3.63) is 58.2 Å². The van der Waals surface area contributed by atoms with Crippen molar-refractivity contribution < 1.29 is 28.2 Å². The molecule has 0 aliphatic heterocycles. The van der Waals surface area contributed by atoms with E-state index < -0.39 is 24.5 Å². The Labute approximate surface area is 162 Å². The normalized spacial score (nSPS) is 10.5. The summed E-state index contributed by atoms with van der Waals surface area (Å²) in [5, 5.41) is 0. The highest BCUT2D eigenvalue weighted by Crippen LogP contribution is 2.20. The van der Waals surface area contributed by atoms with E-state index >= 15 is 0 Å². The van der Waals surface area contributed by atoms with E-state index in [1.165, 1.54) is 24.1 Å². The SMILES string of the molecule is CCOC(=O)c1c(C)[nH]c(C(=O)OCC(=O)N(C)Cc2cccc(F)c2)c1C. The predicted molar refractivity (Wildman–Crippen MR) is 99.4 cm³/mol. The Hall–Kier alpha value is -3.16. The van der Waals surface area contributed by atoms with Gasteiger partial charge in [0.1, 0.15) is 11.5 Å². The Balaban J connectivity index is 1.99. The minimum Gasteiger partial charge on any atom is -0.462 e. The van der Waals surface area contributed by atoms with Crippen LogP contribution < -0.4 is 0 Å². The van der Waals surface area contributed by atoms with E-state index in [2.05, 4.69) is 4.98 Å². The van der Waals surface area contributed by atoms with Gasteiger partial charge >= 0.3 is 11.9 Å². The molecule has 8 heteroatoms. The van der Waals surface area contributed by atoms with Crippen LogP contribution in [0.15, 0.2) is 24.3 Å². The van der Waals surface area contributed by atoms with Crippen LogP contribution in [0.4, 0.5) is 4.39 Å². The van der Waals surface area contributed by atoms with Gasteiger partial charge in [-0.25, -0.2) is 14.0 Å². The monoisotopic (exact) mass is 390 g/mol. The van der Waals surface area contributed by atoms with Crippen LogP contribution in [0.2, 0.25) is 0 Å². The van der Waals surface area contributed by atoms with Gasteiger partial charge in [-0.1, -0.05) is 12.1 Å². The van der Waals surface area contributed by atoms with Crippen LogP contribution in [0.3, 0.4) is 0 Å². The second-order valence-corrected chi connectivity index (χ2v) is 6.30. The lowest BCUT2D eigenvalue weighted by Gasteiger charge is -2.17. The van der Waals surface area contributed by atoms with E-state index in [1.54, 1.807) is 32.9 Å². The van der Waals surface area contributed by atoms with E-state index in [0.29, 0.717) is 16.8 Å². The molecule has 2 rings (SSSR count). The Morgan fingerprint density at radius 1 is 1.14 bits per heavy atom. The third kappa shape index (κ3) is 4.97. The van der Waals surface area contributed by atoms with Crippen molar-refractivity contribution in [1.82, 2.24) is 9.88 Å². The molecule has 0 fully saturated rings. The molecule has 28 heavy (non-hydrogen) atoms.